The predicted octanol–water partition coefficient (Wildman–Crippen LogP) is 2.38. The van der Waals surface area contributed by atoms with Gasteiger partial charge in [0.1, 0.15) is 0 Å². The third-order valence-electron chi connectivity index (χ3n) is 2.03. The maximum atomic E-state index is 11.6. The first-order valence-electron chi connectivity index (χ1n) is 5.19. The maximum absolute atomic E-state index is 11.6. The maximum Gasteiger partial charge on any atom is 0.223 e. The number of amides is 1. The lowest BCUT2D eigenvalue weighted by Crippen LogP contribution is -2.32. The molecule has 0 N–H and O–H groups in total. The van der Waals surface area contributed by atoms with Gasteiger partial charge in [0.15, 0.2) is 0 Å². The average molecular weight is 205 g/mol. The summed E-state index contributed by atoms with van der Waals surface area (Å²) in [7, 11) is 0. The van der Waals surface area contributed by atoms with E-state index in [1.165, 1.54) is 0 Å². The van der Waals surface area contributed by atoms with Crippen LogP contribution in [0.2, 0.25) is 0 Å². The summed E-state index contributed by atoms with van der Waals surface area (Å²) in [6, 6.07) is 0. The van der Waals surface area contributed by atoms with Crippen LogP contribution >= 0.6 is 0 Å². The van der Waals surface area contributed by atoms with Gasteiger partial charge in [0, 0.05) is 13.0 Å². The summed E-state index contributed by atoms with van der Waals surface area (Å²) in [6.45, 7) is 8.34. The van der Waals surface area contributed by atoms with E-state index in [4.69, 9.17) is 6.42 Å². The fourth-order valence-corrected chi connectivity index (χ4v) is 1.21. The Kier molecular flexibility index (Phi) is 8.18. The Morgan fingerprint density at radius 3 is 2.53 bits per heavy atom. The van der Waals surface area contributed by atoms with E-state index in [1.807, 2.05) is 6.08 Å². The summed E-state index contributed by atoms with van der Waals surface area (Å²) in [6.07, 6.45) is 11.9. The second kappa shape index (κ2) is 9.08. The summed E-state index contributed by atoms with van der Waals surface area (Å²) in [5.41, 5.74) is 0. The number of allylic oxidation sites excluding steroid dienone is 2. The molecule has 0 saturated carbocycles. The minimum atomic E-state index is 0.108. The van der Waals surface area contributed by atoms with Crippen molar-refractivity contribution >= 4 is 5.91 Å². The van der Waals surface area contributed by atoms with Crippen molar-refractivity contribution in [3.63, 3.8) is 0 Å². The molecule has 0 heterocycles. The van der Waals surface area contributed by atoms with E-state index in [9.17, 15) is 4.79 Å². The first-order chi connectivity index (χ1) is 7.26. The Labute approximate surface area is 92.7 Å². The normalized spacial score (nSPS) is 9.00. The fourth-order valence-electron chi connectivity index (χ4n) is 1.21. The van der Waals surface area contributed by atoms with E-state index >= 15 is 0 Å². The molecular formula is C13H19NO. The molecule has 0 saturated heterocycles. The number of carbonyl (C=O) groups excluding carboxylic acids is 1. The van der Waals surface area contributed by atoms with Crippen LogP contribution in [0.4, 0.5) is 0 Å². The van der Waals surface area contributed by atoms with Gasteiger partial charge in [-0.3, -0.25) is 4.79 Å². The van der Waals surface area contributed by atoms with E-state index in [-0.39, 0.29) is 5.91 Å². The lowest BCUT2D eigenvalue weighted by atomic mass is 10.2. The molecule has 0 aliphatic carbocycles. The molecule has 0 radical (unpaired) electrons. The molecule has 0 spiro atoms. The summed E-state index contributed by atoms with van der Waals surface area (Å²) < 4.78 is 0. The number of nitrogens with zero attached hydrogens (tertiary/aromatic N) is 1. The van der Waals surface area contributed by atoms with Crippen LogP contribution in [0.15, 0.2) is 25.3 Å². The minimum absolute atomic E-state index is 0.108. The predicted molar refractivity (Wildman–Crippen MR) is 64.3 cm³/mol. The molecule has 15 heavy (non-hydrogen) atoms. The van der Waals surface area contributed by atoms with Crippen LogP contribution in [0, 0.1) is 12.3 Å². The Bertz CT molecular complexity index is 250. The monoisotopic (exact) mass is 205 g/mol. The van der Waals surface area contributed by atoms with Crippen molar-refractivity contribution in [2.75, 3.05) is 13.1 Å². The van der Waals surface area contributed by atoms with E-state index in [0.717, 1.165) is 12.8 Å². The fraction of sp³-hybridized carbons (Fsp3) is 0.462. The van der Waals surface area contributed by atoms with Crippen molar-refractivity contribution in [2.45, 2.75) is 25.7 Å². The van der Waals surface area contributed by atoms with Crippen LogP contribution in [0.5, 0.6) is 0 Å². The third-order valence-corrected chi connectivity index (χ3v) is 2.03. The first kappa shape index (κ1) is 13.5. The van der Waals surface area contributed by atoms with Crippen molar-refractivity contribution < 1.29 is 4.79 Å². The van der Waals surface area contributed by atoms with Crippen molar-refractivity contribution in [1.82, 2.24) is 4.90 Å². The summed E-state index contributed by atoms with van der Waals surface area (Å²) in [4.78, 5) is 13.4. The van der Waals surface area contributed by atoms with Crippen LogP contribution < -0.4 is 0 Å². The number of unbranched alkanes of at least 4 members (excludes halogenated alkanes) is 1. The van der Waals surface area contributed by atoms with Gasteiger partial charge in [-0.2, -0.15) is 0 Å². The standard InChI is InChI=1S/C13H19NO/c1-4-7-9-12-14(11-6-3)13(15)10-8-5-2/h3-5H,1-2,7-12H2. The smallest absolute Gasteiger partial charge is 0.223 e. The van der Waals surface area contributed by atoms with Gasteiger partial charge < -0.3 is 4.90 Å². The molecule has 0 bridgehead atoms. The van der Waals surface area contributed by atoms with Crippen molar-refractivity contribution in [2.24, 2.45) is 0 Å². The lowest BCUT2D eigenvalue weighted by molar-refractivity contribution is -0.130. The minimum Gasteiger partial charge on any atom is -0.332 e. The molecule has 2 nitrogen and oxygen atoms in total. The van der Waals surface area contributed by atoms with Crippen molar-refractivity contribution in [3.8, 4) is 12.3 Å². The zero-order valence-corrected chi connectivity index (χ0v) is 9.24. The van der Waals surface area contributed by atoms with Gasteiger partial charge in [0.25, 0.3) is 0 Å². The molecule has 0 aromatic rings. The Balaban J connectivity index is 4.00. The molecule has 2 heteroatoms. The molecular weight excluding hydrogens is 186 g/mol. The number of carbonyl (C=O) groups is 1. The molecule has 1 amide bonds. The number of hydrogen-bond acceptors (Lipinski definition) is 1. The largest absolute Gasteiger partial charge is 0.332 e. The van der Waals surface area contributed by atoms with E-state index in [0.29, 0.717) is 25.9 Å². The third kappa shape index (κ3) is 6.56. The average Bonchev–Trinajstić information content (AvgIpc) is 2.25. The number of hydrogen-bond donors (Lipinski definition) is 0. The SMILES string of the molecule is C#CCN(CCCC=C)C(=O)CCC=C. The first-order valence-corrected chi connectivity index (χ1v) is 5.19. The Morgan fingerprint density at radius 1 is 1.33 bits per heavy atom. The molecule has 0 fully saturated rings. The van der Waals surface area contributed by atoms with E-state index < -0.39 is 0 Å². The zero-order valence-electron chi connectivity index (χ0n) is 9.24. The van der Waals surface area contributed by atoms with Gasteiger partial charge in [0.2, 0.25) is 5.91 Å². The highest BCUT2D eigenvalue weighted by Gasteiger charge is 2.10. The van der Waals surface area contributed by atoms with Gasteiger partial charge in [-0.1, -0.05) is 18.1 Å². The number of rotatable bonds is 8. The Morgan fingerprint density at radius 2 is 2.00 bits per heavy atom. The highest BCUT2D eigenvalue weighted by Crippen LogP contribution is 2.01. The summed E-state index contributed by atoms with van der Waals surface area (Å²) in [5.74, 6) is 2.61. The molecule has 82 valence electrons. The van der Waals surface area contributed by atoms with Gasteiger partial charge in [-0.25, -0.2) is 0 Å². The van der Waals surface area contributed by atoms with E-state index in [1.54, 1.807) is 11.0 Å². The van der Waals surface area contributed by atoms with Crippen LogP contribution in [-0.4, -0.2) is 23.9 Å². The molecule has 0 aliphatic heterocycles. The van der Waals surface area contributed by atoms with Gasteiger partial charge in [0.05, 0.1) is 6.54 Å². The molecule has 0 aromatic carbocycles. The van der Waals surface area contributed by atoms with Crippen molar-refractivity contribution in [3.05, 3.63) is 25.3 Å². The van der Waals surface area contributed by atoms with Gasteiger partial charge in [-0.05, 0) is 19.3 Å². The molecule has 0 aliphatic rings. The molecule has 0 aromatic heterocycles. The molecule has 0 atom stereocenters. The van der Waals surface area contributed by atoms with Crippen molar-refractivity contribution in [1.29, 1.82) is 0 Å². The highest BCUT2D eigenvalue weighted by atomic mass is 16.2. The molecule has 0 rings (SSSR count). The summed E-state index contributed by atoms with van der Waals surface area (Å²) in [5, 5.41) is 0. The number of terminal acetylenes is 1. The van der Waals surface area contributed by atoms with Gasteiger partial charge in [-0.15, -0.1) is 19.6 Å². The zero-order chi connectivity index (χ0) is 11.5. The highest BCUT2D eigenvalue weighted by molar-refractivity contribution is 5.76. The Hall–Kier alpha value is -1.49. The van der Waals surface area contributed by atoms with Crippen LogP contribution in [0.25, 0.3) is 0 Å². The topological polar surface area (TPSA) is 20.3 Å². The van der Waals surface area contributed by atoms with E-state index in [2.05, 4.69) is 19.1 Å². The van der Waals surface area contributed by atoms with Crippen LogP contribution in [-0.2, 0) is 4.79 Å². The van der Waals surface area contributed by atoms with Gasteiger partial charge >= 0.3 is 0 Å². The van der Waals surface area contributed by atoms with Crippen LogP contribution in [0.3, 0.4) is 0 Å². The quantitative estimate of drug-likeness (QED) is 0.338. The summed E-state index contributed by atoms with van der Waals surface area (Å²) >= 11 is 0. The second-order valence-corrected chi connectivity index (χ2v) is 3.28. The molecule has 0 unspecified atom stereocenters. The second-order valence-electron chi connectivity index (χ2n) is 3.28. The van der Waals surface area contributed by atoms with Crippen LogP contribution in [0.1, 0.15) is 25.7 Å². The lowest BCUT2D eigenvalue weighted by Gasteiger charge is -2.19.